The average molecular weight is 227 g/mol. The molecule has 16 heavy (non-hydrogen) atoms. The van der Waals surface area contributed by atoms with E-state index >= 15 is 0 Å². The third kappa shape index (κ3) is 4.49. The van der Waals surface area contributed by atoms with E-state index in [2.05, 4.69) is 29.4 Å². The summed E-state index contributed by atoms with van der Waals surface area (Å²) in [6, 6.07) is 0.496. The van der Waals surface area contributed by atoms with Gasteiger partial charge in [-0.05, 0) is 32.4 Å². The highest BCUT2D eigenvalue weighted by molar-refractivity contribution is 5.77. The highest BCUT2D eigenvalue weighted by atomic mass is 16.2. The second kappa shape index (κ2) is 6.86. The first kappa shape index (κ1) is 13.5. The lowest BCUT2D eigenvalue weighted by Crippen LogP contribution is -2.49. The molecule has 0 aromatic heterocycles. The van der Waals surface area contributed by atoms with Crippen LogP contribution in [0.25, 0.3) is 0 Å². The third-order valence-corrected chi connectivity index (χ3v) is 3.14. The SMILES string of the molecule is CCCNC(=O)CN(C)C1CNCC(C)C1. The van der Waals surface area contributed by atoms with E-state index in [0.29, 0.717) is 18.5 Å². The minimum Gasteiger partial charge on any atom is -0.355 e. The van der Waals surface area contributed by atoms with Crippen LogP contribution in [-0.2, 0) is 4.79 Å². The number of nitrogens with zero attached hydrogens (tertiary/aromatic N) is 1. The van der Waals surface area contributed by atoms with Gasteiger partial charge in [-0.15, -0.1) is 0 Å². The number of piperidine rings is 1. The molecule has 0 saturated carbocycles. The first-order valence-corrected chi connectivity index (χ1v) is 6.31. The summed E-state index contributed by atoms with van der Waals surface area (Å²) in [6.45, 7) is 7.72. The Hall–Kier alpha value is -0.610. The molecule has 1 amide bonds. The standard InChI is InChI=1S/C12H25N3O/c1-4-5-14-12(16)9-15(3)11-6-10(2)7-13-8-11/h10-11,13H,4-9H2,1-3H3,(H,14,16). The van der Waals surface area contributed by atoms with Crippen molar-refractivity contribution in [3.63, 3.8) is 0 Å². The summed E-state index contributed by atoms with van der Waals surface area (Å²) >= 11 is 0. The Labute approximate surface area is 98.8 Å². The van der Waals surface area contributed by atoms with E-state index < -0.39 is 0 Å². The van der Waals surface area contributed by atoms with Gasteiger partial charge in [0.15, 0.2) is 0 Å². The Balaban J connectivity index is 2.27. The van der Waals surface area contributed by atoms with Crippen LogP contribution in [0.2, 0.25) is 0 Å². The predicted octanol–water partition coefficient (Wildman–Crippen LogP) is 0.442. The zero-order chi connectivity index (χ0) is 12.0. The van der Waals surface area contributed by atoms with Crippen LogP contribution in [-0.4, -0.2) is 50.1 Å². The fourth-order valence-electron chi connectivity index (χ4n) is 2.14. The van der Waals surface area contributed by atoms with Crippen molar-refractivity contribution in [3.8, 4) is 0 Å². The molecule has 4 heteroatoms. The monoisotopic (exact) mass is 227 g/mol. The molecule has 1 fully saturated rings. The van der Waals surface area contributed by atoms with Crippen molar-refractivity contribution >= 4 is 5.91 Å². The second-order valence-electron chi connectivity index (χ2n) is 4.92. The molecule has 4 nitrogen and oxygen atoms in total. The summed E-state index contributed by atoms with van der Waals surface area (Å²) in [5.41, 5.74) is 0. The molecule has 0 aromatic rings. The maximum atomic E-state index is 11.6. The molecule has 2 unspecified atom stereocenters. The number of rotatable bonds is 5. The van der Waals surface area contributed by atoms with E-state index in [-0.39, 0.29) is 5.91 Å². The molecular formula is C12H25N3O. The van der Waals surface area contributed by atoms with Crippen molar-refractivity contribution in [2.75, 3.05) is 33.2 Å². The molecule has 0 spiro atoms. The zero-order valence-corrected chi connectivity index (χ0v) is 10.8. The van der Waals surface area contributed by atoms with Gasteiger partial charge in [0.1, 0.15) is 0 Å². The summed E-state index contributed by atoms with van der Waals surface area (Å²) in [7, 11) is 2.04. The van der Waals surface area contributed by atoms with Gasteiger partial charge in [-0.25, -0.2) is 0 Å². The number of nitrogens with one attached hydrogen (secondary N) is 2. The van der Waals surface area contributed by atoms with E-state index in [9.17, 15) is 4.79 Å². The maximum absolute atomic E-state index is 11.6. The molecular weight excluding hydrogens is 202 g/mol. The van der Waals surface area contributed by atoms with Gasteiger partial charge < -0.3 is 10.6 Å². The average Bonchev–Trinajstić information content (AvgIpc) is 2.26. The molecule has 0 bridgehead atoms. The quantitative estimate of drug-likeness (QED) is 0.716. The van der Waals surface area contributed by atoms with Crippen LogP contribution in [0.4, 0.5) is 0 Å². The fourth-order valence-corrected chi connectivity index (χ4v) is 2.14. The van der Waals surface area contributed by atoms with Crippen LogP contribution < -0.4 is 10.6 Å². The first-order valence-electron chi connectivity index (χ1n) is 6.31. The summed E-state index contributed by atoms with van der Waals surface area (Å²) in [4.78, 5) is 13.7. The first-order chi connectivity index (χ1) is 7.63. The van der Waals surface area contributed by atoms with Gasteiger partial charge in [-0.3, -0.25) is 9.69 Å². The van der Waals surface area contributed by atoms with Gasteiger partial charge in [0.05, 0.1) is 6.54 Å². The summed E-state index contributed by atoms with van der Waals surface area (Å²) < 4.78 is 0. The lowest BCUT2D eigenvalue weighted by Gasteiger charge is -2.34. The summed E-state index contributed by atoms with van der Waals surface area (Å²) in [6.07, 6.45) is 2.18. The molecule has 0 radical (unpaired) electrons. The Morgan fingerprint density at radius 3 is 2.88 bits per heavy atom. The van der Waals surface area contributed by atoms with Crippen LogP contribution in [0.3, 0.4) is 0 Å². The minimum absolute atomic E-state index is 0.141. The van der Waals surface area contributed by atoms with Crippen molar-refractivity contribution in [1.82, 2.24) is 15.5 Å². The number of likely N-dealkylation sites (N-methyl/N-ethyl adjacent to an activating group) is 1. The van der Waals surface area contributed by atoms with E-state index in [1.54, 1.807) is 0 Å². The molecule has 2 atom stereocenters. The van der Waals surface area contributed by atoms with Gasteiger partial charge in [0, 0.05) is 19.1 Å². The summed E-state index contributed by atoms with van der Waals surface area (Å²) in [5, 5.41) is 6.32. The normalized spacial score (nSPS) is 25.8. The Morgan fingerprint density at radius 1 is 1.50 bits per heavy atom. The van der Waals surface area contributed by atoms with Gasteiger partial charge in [-0.2, -0.15) is 0 Å². The molecule has 94 valence electrons. The smallest absolute Gasteiger partial charge is 0.234 e. The summed E-state index contributed by atoms with van der Waals surface area (Å²) in [5.74, 6) is 0.850. The predicted molar refractivity (Wildman–Crippen MR) is 66.4 cm³/mol. The van der Waals surface area contributed by atoms with Gasteiger partial charge in [0.25, 0.3) is 0 Å². The van der Waals surface area contributed by atoms with Crippen molar-refractivity contribution in [2.45, 2.75) is 32.7 Å². The second-order valence-corrected chi connectivity index (χ2v) is 4.92. The van der Waals surface area contributed by atoms with Crippen molar-refractivity contribution in [1.29, 1.82) is 0 Å². The van der Waals surface area contributed by atoms with Crippen LogP contribution in [0.5, 0.6) is 0 Å². The molecule has 1 saturated heterocycles. The van der Waals surface area contributed by atoms with Crippen molar-refractivity contribution in [2.24, 2.45) is 5.92 Å². The Kier molecular flexibility index (Phi) is 5.77. The number of carbonyl (C=O) groups is 1. The maximum Gasteiger partial charge on any atom is 0.234 e. The van der Waals surface area contributed by atoms with Gasteiger partial charge in [0.2, 0.25) is 5.91 Å². The number of hydrogen-bond donors (Lipinski definition) is 2. The number of hydrogen-bond acceptors (Lipinski definition) is 3. The lowest BCUT2D eigenvalue weighted by molar-refractivity contribution is -0.122. The van der Waals surface area contributed by atoms with E-state index in [4.69, 9.17) is 0 Å². The topological polar surface area (TPSA) is 44.4 Å². The molecule has 2 N–H and O–H groups in total. The highest BCUT2D eigenvalue weighted by Gasteiger charge is 2.22. The van der Waals surface area contributed by atoms with Crippen molar-refractivity contribution < 1.29 is 4.79 Å². The van der Waals surface area contributed by atoms with E-state index in [0.717, 1.165) is 26.1 Å². The number of carbonyl (C=O) groups excluding carboxylic acids is 1. The lowest BCUT2D eigenvalue weighted by atomic mass is 9.97. The zero-order valence-electron chi connectivity index (χ0n) is 10.8. The largest absolute Gasteiger partial charge is 0.355 e. The van der Waals surface area contributed by atoms with E-state index in [1.165, 1.54) is 6.42 Å². The molecule has 0 aliphatic carbocycles. The number of amides is 1. The molecule has 1 aliphatic heterocycles. The van der Waals surface area contributed by atoms with Crippen LogP contribution >= 0.6 is 0 Å². The molecule has 1 heterocycles. The molecule has 1 rings (SSSR count). The van der Waals surface area contributed by atoms with Crippen LogP contribution in [0, 0.1) is 5.92 Å². The fraction of sp³-hybridized carbons (Fsp3) is 0.917. The molecule has 1 aliphatic rings. The van der Waals surface area contributed by atoms with Gasteiger partial charge >= 0.3 is 0 Å². The Morgan fingerprint density at radius 2 is 2.25 bits per heavy atom. The third-order valence-electron chi connectivity index (χ3n) is 3.14. The molecule has 0 aromatic carbocycles. The highest BCUT2D eigenvalue weighted by Crippen LogP contribution is 2.13. The van der Waals surface area contributed by atoms with E-state index in [1.807, 2.05) is 7.05 Å². The van der Waals surface area contributed by atoms with Crippen LogP contribution in [0.1, 0.15) is 26.7 Å². The van der Waals surface area contributed by atoms with Crippen LogP contribution in [0.15, 0.2) is 0 Å². The van der Waals surface area contributed by atoms with Gasteiger partial charge in [-0.1, -0.05) is 13.8 Å². The minimum atomic E-state index is 0.141. The Bertz CT molecular complexity index is 220. The van der Waals surface area contributed by atoms with Crippen molar-refractivity contribution in [3.05, 3.63) is 0 Å².